The van der Waals surface area contributed by atoms with Crippen LogP contribution in [0.2, 0.25) is 0 Å². The Morgan fingerprint density at radius 2 is 0.889 bits per heavy atom. The van der Waals surface area contributed by atoms with Gasteiger partial charge in [0, 0.05) is 14.2 Å². The van der Waals surface area contributed by atoms with E-state index in [1.807, 2.05) is 27.7 Å². The topological polar surface area (TPSA) is 52.6 Å². The minimum absolute atomic E-state index is 0.116. The number of carbonyl (C=O) groups excluding carboxylic acids is 2. The maximum Gasteiger partial charge on any atom is 0.138 e. The van der Waals surface area contributed by atoms with E-state index in [-0.39, 0.29) is 10.8 Å². The number of hydrogen-bond acceptors (Lipinski definition) is 4. The monoisotopic (exact) mass is 386 g/mol. The summed E-state index contributed by atoms with van der Waals surface area (Å²) in [5, 5.41) is 0. The summed E-state index contributed by atoms with van der Waals surface area (Å²) in [6, 6.07) is 0. The van der Waals surface area contributed by atoms with E-state index in [1.54, 1.807) is 28.1 Å². The van der Waals surface area contributed by atoms with Crippen LogP contribution in [0.15, 0.2) is 0 Å². The molecule has 27 heavy (non-hydrogen) atoms. The predicted molar refractivity (Wildman–Crippen MR) is 114 cm³/mol. The standard InChI is InChI=1S/C10H18O2.C9H16O2.2C2H6/c1-9(11)10(8-12-2)6-4-3-5-7-10;1-8(10)9(7-11-2)5-3-4-6-9;2*1-2/h3-8H2,1-2H3;3-7H2,1-2H3;2*1-2H3. The summed E-state index contributed by atoms with van der Waals surface area (Å²) in [4.78, 5) is 22.7. The van der Waals surface area contributed by atoms with Gasteiger partial charge in [-0.1, -0.05) is 59.8 Å². The van der Waals surface area contributed by atoms with Gasteiger partial charge in [-0.3, -0.25) is 9.59 Å². The maximum absolute atomic E-state index is 11.4. The van der Waals surface area contributed by atoms with Crippen LogP contribution in [0.25, 0.3) is 0 Å². The van der Waals surface area contributed by atoms with Crippen molar-refractivity contribution in [1.29, 1.82) is 0 Å². The molecule has 0 aromatic heterocycles. The van der Waals surface area contributed by atoms with Gasteiger partial charge in [-0.25, -0.2) is 0 Å². The first kappa shape index (κ1) is 28.5. The highest BCUT2D eigenvalue weighted by Crippen LogP contribution is 2.39. The molecule has 2 saturated carbocycles. The molecule has 2 rings (SSSR count). The molecule has 0 N–H and O–H groups in total. The second kappa shape index (κ2) is 16.2. The third-order valence-corrected chi connectivity index (χ3v) is 5.71. The molecule has 0 unspecified atom stereocenters. The van der Waals surface area contributed by atoms with Crippen LogP contribution < -0.4 is 0 Å². The third-order valence-electron chi connectivity index (χ3n) is 5.71. The summed E-state index contributed by atoms with van der Waals surface area (Å²) >= 11 is 0. The molecule has 4 nitrogen and oxygen atoms in total. The molecule has 0 aliphatic heterocycles. The molecule has 4 heteroatoms. The van der Waals surface area contributed by atoms with Gasteiger partial charge in [0.1, 0.15) is 11.6 Å². The van der Waals surface area contributed by atoms with E-state index in [2.05, 4.69) is 0 Å². The first-order valence-electron chi connectivity index (χ1n) is 10.9. The van der Waals surface area contributed by atoms with E-state index in [4.69, 9.17) is 9.47 Å². The Labute approximate surface area is 168 Å². The normalized spacial score (nSPS) is 19.3. The van der Waals surface area contributed by atoms with Gasteiger partial charge in [-0.15, -0.1) is 0 Å². The van der Waals surface area contributed by atoms with Crippen molar-refractivity contribution in [1.82, 2.24) is 0 Å². The molecule has 0 amide bonds. The van der Waals surface area contributed by atoms with Crippen molar-refractivity contribution in [2.24, 2.45) is 10.8 Å². The average molecular weight is 387 g/mol. The van der Waals surface area contributed by atoms with Crippen molar-refractivity contribution >= 4 is 11.6 Å². The minimum atomic E-state index is -0.132. The molecule has 2 aliphatic rings. The molecular formula is C23H46O4. The first-order chi connectivity index (χ1) is 12.9. The van der Waals surface area contributed by atoms with Gasteiger partial charge in [-0.05, 0) is 39.5 Å². The Hall–Kier alpha value is -0.740. The quantitative estimate of drug-likeness (QED) is 0.561. The van der Waals surface area contributed by atoms with E-state index < -0.39 is 0 Å². The summed E-state index contributed by atoms with van der Waals surface area (Å²) in [6.45, 7) is 12.6. The fraction of sp³-hybridized carbons (Fsp3) is 0.913. The summed E-state index contributed by atoms with van der Waals surface area (Å²) in [5.74, 6) is 0.612. The largest absolute Gasteiger partial charge is 0.384 e. The van der Waals surface area contributed by atoms with Crippen molar-refractivity contribution < 1.29 is 19.1 Å². The lowest BCUT2D eigenvalue weighted by atomic mass is 9.72. The minimum Gasteiger partial charge on any atom is -0.384 e. The van der Waals surface area contributed by atoms with Crippen LogP contribution in [-0.4, -0.2) is 39.0 Å². The van der Waals surface area contributed by atoms with Crippen LogP contribution in [0.3, 0.4) is 0 Å². The molecule has 0 radical (unpaired) electrons. The molecule has 0 heterocycles. The molecule has 162 valence electrons. The lowest BCUT2D eigenvalue weighted by molar-refractivity contribution is -0.132. The van der Waals surface area contributed by atoms with Crippen LogP contribution >= 0.6 is 0 Å². The van der Waals surface area contributed by atoms with Gasteiger partial charge in [0.05, 0.1) is 24.0 Å². The molecule has 0 bridgehead atoms. The third kappa shape index (κ3) is 9.34. The van der Waals surface area contributed by atoms with Crippen molar-refractivity contribution in [2.45, 2.75) is 99.3 Å². The van der Waals surface area contributed by atoms with Crippen molar-refractivity contribution in [3.8, 4) is 0 Å². The van der Waals surface area contributed by atoms with Gasteiger partial charge in [0.25, 0.3) is 0 Å². The van der Waals surface area contributed by atoms with Gasteiger partial charge >= 0.3 is 0 Å². The molecule has 2 fully saturated rings. The summed E-state index contributed by atoms with van der Waals surface area (Å²) in [7, 11) is 3.35. The molecule has 0 aromatic rings. The second-order valence-corrected chi connectivity index (χ2v) is 7.31. The number of ether oxygens (including phenoxy) is 2. The number of hydrogen-bond donors (Lipinski definition) is 0. The zero-order chi connectivity index (χ0) is 21.3. The van der Waals surface area contributed by atoms with Gasteiger partial charge in [0.2, 0.25) is 0 Å². The van der Waals surface area contributed by atoms with Crippen LogP contribution in [0, 0.1) is 10.8 Å². The first-order valence-corrected chi connectivity index (χ1v) is 10.9. The number of Topliss-reactive ketones (excluding diaryl/α,β-unsaturated/α-hetero) is 2. The lowest BCUT2D eigenvalue weighted by Gasteiger charge is -2.34. The average Bonchev–Trinajstić information content (AvgIpc) is 3.17. The highest BCUT2D eigenvalue weighted by molar-refractivity contribution is 5.83. The van der Waals surface area contributed by atoms with Crippen LogP contribution in [-0.2, 0) is 19.1 Å². The number of rotatable bonds is 6. The van der Waals surface area contributed by atoms with Crippen molar-refractivity contribution in [3.63, 3.8) is 0 Å². The van der Waals surface area contributed by atoms with Crippen molar-refractivity contribution in [3.05, 3.63) is 0 Å². The van der Waals surface area contributed by atoms with Crippen LogP contribution in [0.1, 0.15) is 99.3 Å². The van der Waals surface area contributed by atoms with E-state index >= 15 is 0 Å². The highest BCUT2D eigenvalue weighted by atomic mass is 16.5. The number of methoxy groups -OCH3 is 2. The zero-order valence-corrected chi connectivity index (χ0v) is 19.4. The summed E-state index contributed by atoms with van der Waals surface area (Å²) < 4.78 is 10.2. The van der Waals surface area contributed by atoms with Gasteiger partial charge < -0.3 is 9.47 Å². The molecule has 0 aromatic carbocycles. The Kier molecular flexibility index (Phi) is 17.1. The fourth-order valence-electron chi connectivity index (χ4n) is 4.03. The van der Waals surface area contributed by atoms with Gasteiger partial charge in [-0.2, -0.15) is 0 Å². The number of ketones is 2. The highest BCUT2D eigenvalue weighted by Gasteiger charge is 2.38. The van der Waals surface area contributed by atoms with Crippen molar-refractivity contribution in [2.75, 3.05) is 27.4 Å². The predicted octanol–water partition coefficient (Wildman–Crippen LogP) is 6.01. The smallest absolute Gasteiger partial charge is 0.138 e. The van der Waals surface area contributed by atoms with E-state index in [1.165, 1.54) is 32.1 Å². The Morgan fingerprint density at radius 1 is 0.630 bits per heavy atom. The second-order valence-electron chi connectivity index (χ2n) is 7.31. The molecule has 2 aliphatic carbocycles. The fourth-order valence-corrected chi connectivity index (χ4v) is 4.03. The zero-order valence-electron chi connectivity index (χ0n) is 19.4. The van der Waals surface area contributed by atoms with Crippen LogP contribution in [0.5, 0.6) is 0 Å². The van der Waals surface area contributed by atoms with Crippen LogP contribution in [0.4, 0.5) is 0 Å². The number of carbonyl (C=O) groups is 2. The Balaban J connectivity index is 0. The molecule has 0 saturated heterocycles. The molecular weight excluding hydrogens is 340 g/mol. The van der Waals surface area contributed by atoms with E-state index in [0.29, 0.717) is 24.8 Å². The molecule has 0 spiro atoms. The Morgan fingerprint density at radius 3 is 1.11 bits per heavy atom. The summed E-state index contributed by atoms with van der Waals surface area (Å²) in [5.41, 5.74) is -0.248. The van der Waals surface area contributed by atoms with Gasteiger partial charge in [0.15, 0.2) is 0 Å². The SMILES string of the molecule is CC.CC.COCC1(C(C)=O)CCCC1.COCC1(C(C)=O)CCCCC1. The van der Waals surface area contributed by atoms with E-state index in [9.17, 15) is 9.59 Å². The molecule has 0 atom stereocenters. The maximum atomic E-state index is 11.4. The lowest BCUT2D eigenvalue weighted by Crippen LogP contribution is -2.36. The van der Waals surface area contributed by atoms with E-state index in [0.717, 1.165) is 25.7 Å². The Bertz CT molecular complexity index is 372. The summed E-state index contributed by atoms with van der Waals surface area (Å²) in [6.07, 6.45) is 10.1.